The third-order valence-electron chi connectivity index (χ3n) is 6.38. The Morgan fingerprint density at radius 3 is 2.83 bits per heavy atom. The van der Waals surface area contributed by atoms with Crippen LogP contribution in [0.2, 0.25) is 0 Å². The Balaban J connectivity index is 1.69. The fraction of sp³-hybridized carbons (Fsp3) is 0.192. The summed E-state index contributed by atoms with van der Waals surface area (Å²) >= 11 is 0. The summed E-state index contributed by atoms with van der Waals surface area (Å²) in [4.78, 5) is 30.3. The molecule has 10 nitrogen and oxygen atoms in total. The van der Waals surface area contributed by atoms with Crippen LogP contribution in [-0.2, 0) is 13.7 Å². The summed E-state index contributed by atoms with van der Waals surface area (Å²) in [5.74, 6) is -1.66. The van der Waals surface area contributed by atoms with E-state index in [9.17, 15) is 20.0 Å². The number of anilines is 1. The zero-order valence-corrected chi connectivity index (χ0v) is 19.4. The summed E-state index contributed by atoms with van der Waals surface area (Å²) < 4.78 is 12.0. The molecule has 0 saturated carbocycles. The van der Waals surface area contributed by atoms with Crippen molar-refractivity contribution in [2.24, 2.45) is 7.05 Å². The second-order valence-electron chi connectivity index (χ2n) is 8.48. The van der Waals surface area contributed by atoms with Gasteiger partial charge in [0.2, 0.25) is 5.75 Å². The van der Waals surface area contributed by atoms with Crippen molar-refractivity contribution in [3.05, 3.63) is 99.1 Å². The molecule has 0 radical (unpaired) electrons. The first kappa shape index (κ1) is 22.9. The molecule has 1 aliphatic heterocycles. The van der Waals surface area contributed by atoms with E-state index in [1.807, 2.05) is 37.3 Å². The molecule has 2 aromatic carbocycles. The van der Waals surface area contributed by atoms with E-state index in [4.69, 9.17) is 9.26 Å². The van der Waals surface area contributed by atoms with Gasteiger partial charge in [-0.3, -0.25) is 14.2 Å². The lowest BCUT2D eigenvalue weighted by Gasteiger charge is -2.27. The van der Waals surface area contributed by atoms with Gasteiger partial charge in [0.15, 0.2) is 5.69 Å². The van der Waals surface area contributed by atoms with Crippen molar-refractivity contribution in [1.29, 1.82) is 5.26 Å². The Morgan fingerprint density at radius 1 is 1.28 bits per heavy atom. The summed E-state index contributed by atoms with van der Waals surface area (Å²) in [6, 6.07) is 15.3. The normalized spacial score (nSPS) is 15.0. The van der Waals surface area contributed by atoms with Crippen LogP contribution in [0.25, 0.3) is 0 Å². The lowest BCUT2D eigenvalue weighted by atomic mass is 9.77. The highest BCUT2D eigenvalue weighted by Crippen LogP contribution is 2.46. The molecule has 10 heteroatoms. The number of nitrogens with zero attached hydrogens (tertiary/aromatic N) is 4. The highest BCUT2D eigenvalue weighted by Gasteiger charge is 2.35. The van der Waals surface area contributed by atoms with Gasteiger partial charge in [-0.1, -0.05) is 42.4 Å². The summed E-state index contributed by atoms with van der Waals surface area (Å²) in [7, 11) is 1.48. The molecule has 2 N–H and O–H groups in total. The first-order valence-electron chi connectivity index (χ1n) is 11.1. The van der Waals surface area contributed by atoms with Crippen molar-refractivity contribution in [1.82, 2.24) is 14.7 Å². The average molecular weight is 483 g/mol. The van der Waals surface area contributed by atoms with Crippen LogP contribution in [0.4, 0.5) is 5.69 Å². The number of nitriles is 1. The molecule has 0 bridgehead atoms. The van der Waals surface area contributed by atoms with Gasteiger partial charge in [0.05, 0.1) is 17.8 Å². The Hall–Kier alpha value is -4.91. The van der Waals surface area contributed by atoms with Crippen LogP contribution in [0.5, 0.6) is 11.5 Å². The molecule has 2 aromatic heterocycles. The highest BCUT2D eigenvalue weighted by atomic mass is 16.5. The van der Waals surface area contributed by atoms with Gasteiger partial charge in [-0.2, -0.15) is 5.26 Å². The minimum atomic E-state index is -0.787. The monoisotopic (exact) mass is 483 g/mol. The van der Waals surface area contributed by atoms with Crippen LogP contribution in [0.15, 0.2) is 64.2 Å². The Labute approximate surface area is 205 Å². The third kappa shape index (κ3) is 3.76. The summed E-state index contributed by atoms with van der Waals surface area (Å²) in [6.45, 7) is 2.18. The summed E-state index contributed by atoms with van der Waals surface area (Å²) in [6.07, 6.45) is 2.49. The molecular formula is C26H21N5O5. The number of carbonyl (C=O) groups excluding carboxylic acids is 1. The standard InChI is InChI=1S/C26H21N5O5/c1-14(24-30-22(23(32)26(34)31(24)2)25(33)29-17-11-28-36-13-17)20-18-8-4-3-6-16(18)12-35-19-9-5-7-15(10-27)21(19)20/h3-9,11,13-14,20,32H,12H2,1-2H3,(H,29,33). The smallest absolute Gasteiger partial charge is 0.296 e. The Bertz CT molecular complexity index is 1570. The SMILES string of the molecule is CC(c1nc(C(=O)Nc2cnoc2)c(O)c(=O)n1C)C1c2ccccc2COc2cccc(C#N)c21. The molecule has 4 aromatic rings. The molecule has 3 heterocycles. The van der Waals surface area contributed by atoms with Gasteiger partial charge in [-0.15, -0.1) is 0 Å². The number of aromatic hydroxyl groups is 1. The Morgan fingerprint density at radius 2 is 2.08 bits per heavy atom. The number of carbonyl (C=O) groups is 1. The van der Waals surface area contributed by atoms with Crippen molar-refractivity contribution >= 4 is 11.6 Å². The van der Waals surface area contributed by atoms with Gasteiger partial charge < -0.3 is 19.7 Å². The molecule has 36 heavy (non-hydrogen) atoms. The summed E-state index contributed by atoms with van der Waals surface area (Å²) in [5, 5.41) is 26.4. The molecule has 2 atom stereocenters. The molecular weight excluding hydrogens is 462 g/mol. The molecule has 1 amide bonds. The van der Waals surface area contributed by atoms with Crippen molar-refractivity contribution in [2.45, 2.75) is 25.4 Å². The predicted molar refractivity (Wildman–Crippen MR) is 128 cm³/mol. The van der Waals surface area contributed by atoms with Crippen molar-refractivity contribution in [3.8, 4) is 17.6 Å². The van der Waals surface area contributed by atoms with E-state index < -0.39 is 34.7 Å². The number of rotatable bonds is 4. The first-order chi connectivity index (χ1) is 17.4. The van der Waals surface area contributed by atoms with E-state index in [0.717, 1.165) is 11.1 Å². The van der Waals surface area contributed by atoms with Crippen LogP contribution in [-0.4, -0.2) is 25.7 Å². The lowest BCUT2D eigenvalue weighted by molar-refractivity contribution is 0.101. The third-order valence-corrected chi connectivity index (χ3v) is 6.38. The van der Waals surface area contributed by atoms with E-state index in [1.54, 1.807) is 12.1 Å². The quantitative estimate of drug-likeness (QED) is 0.449. The summed E-state index contributed by atoms with van der Waals surface area (Å²) in [5.41, 5.74) is 2.03. The Kier molecular flexibility index (Phi) is 5.74. The van der Waals surface area contributed by atoms with Gasteiger partial charge in [-0.05, 0) is 23.3 Å². The van der Waals surface area contributed by atoms with Gasteiger partial charge in [0, 0.05) is 24.4 Å². The van der Waals surface area contributed by atoms with Crippen molar-refractivity contribution < 1.29 is 19.2 Å². The minimum absolute atomic E-state index is 0.249. The van der Waals surface area contributed by atoms with Gasteiger partial charge in [0.25, 0.3) is 11.5 Å². The van der Waals surface area contributed by atoms with Crippen LogP contribution in [0, 0.1) is 11.3 Å². The fourth-order valence-electron chi connectivity index (χ4n) is 4.67. The number of hydrogen-bond acceptors (Lipinski definition) is 8. The molecule has 0 saturated heterocycles. The number of benzene rings is 2. The number of hydrogen-bond donors (Lipinski definition) is 2. The zero-order valence-electron chi connectivity index (χ0n) is 19.4. The lowest BCUT2D eigenvalue weighted by Crippen LogP contribution is -2.29. The molecule has 0 aliphatic carbocycles. The molecule has 0 spiro atoms. The number of nitrogens with one attached hydrogen (secondary N) is 1. The minimum Gasteiger partial charge on any atom is -0.501 e. The number of fused-ring (bicyclic) bond motifs is 2. The van der Waals surface area contributed by atoms with Crippen molar-refractivity contribution in [3.63, 3.8) is 0 Å². The van der Waals surface area contributed by atoms with Crippen LogP contribution in [0.3, 0.4) is 0 Å². The van der Waals surface area contributed by atoms with Crippen LogP contribution >= 0.6 is 0 Å². The zero-order chi connectivity index (χ0) is 25.4. The van der Waals surface area contributed by atoms with E-state index >= 15 is 0 Å². The van der Waals surface area contributed by atoms with Gasteiger partial charge >= 0.3 is 0 Å². The largest absolute Gasteiger partial charge is 0.501 e. The van der Waals surface area contributed by atoms with E-state index in [1.165, 1.54) is 24.1 Å². The second-order valence-corrected chi connectivity index (χ2v) is 8.48. The number of amides is 1. The molecule has 5 rings (SSSR count). The molecule has 180 valence electrons. The van der Waals surface area contributed by atoms with Crippen molar-refractivity contribution in [2.75, 3.05) is 5.32 Å². The molecule has 2 unspecified atom stereocenters. The van der Waals surface area contributed by atoms with Crippen LogP contribution < -0.4 is 15.6 Å². The van der Waals surface area contributed by atoms with E-state index in [-0.39, 0.29) is 11.5 Å². The topological polar surface area (TPSA) is 143 Å². The average Bonchev–Trinajstić information content (AvgIpc) is 3.33. The maximum atomic E-state index is 13.0. The molecule has 1 aliphatic rings. The number of ether oxygens (including phenoxy) is 1. The maximum absolute atomic E-state index is 13.0. The highest BCUT2D eigenvalue weighted by molar-refractivity contribution is 6.04. The second kappa shape index (κ2) is 9.03. The number of aromatic nitrogens is 3. The van der Waals surface area contributed by atoms with Gasteiger partial charge in [0.1, 0.15) is 30.1 Å². The predicted octanol–water partition coefficient (Wildman–Crippen LogP) is 3.43. The van der Waals surface area contributed by atoms with E-state index in [0.29, 0.717) is 23.5 Å². The van der Waals surface area contributed by atoms with Gasteiger partial charge in [-0.25, -0.2) is 4.98 Å². The maximum Gasteiger partial charge on any atom is 0.296 e. The van der Waals surface area contributed by atoms with Crippen LogP contribution in [0.1, 0.15) is 57.3 Å². The fourth-order valence-corrected chi connectivity index (χ4v) is 4.67. The van der Waals surface area contributed by atoms with E-state index in [2.05, 4.69) is 21.5 Å². The molecule has 0 fully saturated rings. The first-order valence-corrected chi connectivity index (χ1v) is 11.1.